The standard InChI is InChI=1S/C25H34N4O4S/c1-16(2)22(28(4)21(30)14-33-5)25(32)29-12-6-7-20(29)24(31)26-13-18-8-10-19(11-9-18)23-17(3)27-15-34-23/h8-11,15-16,20,22H,6-7,12-14H2,1-5H3,(H,26,31)/t20-,22?/m0/s1. The molecule has 1 N–H and O–H groups in total. The van der Waals surface area contributed by atoms with Crippen LogP contribution < -0.4 is 5.32 Å². The number of amides is 3. The van der Waals surface area contributed by atoms with Crippen molar-refractivity contribution in [1.29, 1.82) is 0 Å². The number of aryl methyl sites for hydroxylation is 1. The van der Waals surface area contributed by atoms with Crippen molar-refractivity contribution < 1.29 is 19.1 Å². The van der Waals surface area contributed by atoms with E-state index in [4.69, 9.17) is 4.74 Å². The first-order chi connectivity index (χ1) is 16.2. The Kier molecular flexibility index (Phi) is 8.79. The summed E-state index contributed by atoms with van der Waals surface area (Å²) in [5.41, 5.74) is 4.93. The smallest absolute Gasteiger partial charge is 0.248 e. The number of ether oxygens (including phenoxy) is 1. The number of nitrogens with one attached hydrogen (secondary N) is 1. The second kappa shape index (κ2) is 11.6. The zero-order valence-corrected chi connectivity index (χ0v) is 21.4. The SMILES string of the molecule is COCC(=O)N(C)C(C(=O)N1CCC[C@H]1C(=O)NCc1ccc(-c2scnc2C)cc1)C(C)C. The molecule has 3 amide bonds. The van der Waals surface area contributed by atoms with Crippen LogP contribution in [0.2, 0.25) is 0 Å². The fraction of sp³-hybridized carbons (Fsp3) is 0.520. The van der Waals surface area contributed by atoms with E-state index in [1.807, 2.05) is 50.5 Å². The number of thiazole rings is 1. The number of benzene rings is 1. The number of rotatable bonds is 9. The highest BCUT2D eigenvalue weighted by atomic mass is 32.1. The van der Waals surface area contributed by atoms with Gasteiger partial charge in [0, 0.05) is 27.2 Å². The number of hydrogen-bond acceptors (Lipinski definition) is 6. The first-order valence-corrected chi connectivity index (χ1v) is 12.4. The van der Waals surface area contributed by atoms with Gasteiger partial charge in [-0.2, -0.15) is 0 Å². The lowest BCUT2D eigenvalue weighted by Gasteiger charge is -2.35. The Labute approximate surface area is 205 Å². The number of likely N-dealkylation sites (tertiary alicyclic amines) is 1. The molecule has 0 spiro atoms. The molecule has 1 aliphatic rings. The van der Waals surface area contributed by atoms with E-state index in [9.17, 15) is 14.4 Å². The summed E-state index contributed by atoms with van der Waals surface area (Å²) in [5.74, 6) is -0.708. The predicted octanol–water partition coefficient (Wildman–Crippen LogP) is 2.86. The number of likely N-dealkylation sites (N-methyl/N-ethyl adjacent to an activating group) is 1. The first kappa shape index (κ1) is 25.8. The minimum Gasteiger partial charge on any atom is -0.375 e. The number of carbonyl (C=O) groups is 3. The average molecular weight is 487 g/mol. The summed E-state index contributed by atoms with van der Waals surface area (Å²) < 4.78 is 4.94. The molecule has 1 aromatic heterocycles. The first-order valence-electron chi connectivity index (χ1n) is 11.6. The molecule has 184 valence electrons. The summed E-state index contributed by atoms with van der Waals surface area (Å²) in [6.45, 7) is 6.61. The van der Waals surface area contributed by atoms with Crippen molar-refractivity contribution in [2.75, 3.05) is 27.3 Å². The third-order valence-electron chi connectivity index (χ3n) is 6.23. The van der Waals surface area contributed by atoms with Crippen LogP contribution in [0.4, 0.5) is 0 Å². The zero-order valence-electron chi connectivity index (χ0n) is 20.5. The van der Waals surface area contributed by atoms with Crippen LogP contribution in [0.1, 0.15) is 37.9 Å². The van der Waals surface area contributed by atoms with Crippen LogP contribution >= 0.6 is 11.3 Å². The van der Waals surface area contributed by atoms with E-state index in [1.165, 1.54) is 12.0 Å². The van der Waals surface area contributed by atoms with Gasteiger partial charge in [-0.3, -0.25) is 14.4 Å². The molecule has 1 fully saturated rings. The second-order valence-corrected chi connectivity index (χ2v) is 9.85. The number of aromatic nitrogens is 1. The fourth-order valence-corrected chi connectivity index (χ4v) is 5.22. The Bertz CT molecular complexity index is 1000. The summed E-state index contributed by atoms with van der Waals surface area (Å²) in [4.78, 5) is 47.3. The molecule has 1 saturated heterocycles. The van der Waals surface area contributed by atoms with E-state index < -0.39 is 12.1 Å². The van der Waals surface area contributed by atoms with E-state index in [2.05, 4.69) is 10.3 Å². The third-order valence-corrected chi connectivity index (χ3v) is 7.21. The van der Waals surface area contributed by atoms with Gasteiger partial charge in [-0.05, 0) is 36.8 Å². The molecule has 3 rings (SSSR count). The molecule has 2 aromatic rings. The summed E-state index contributed by atoms with van der Waals surface area (Å²) in [6.07, 6.45) is 1.37. The summed E-state index contributed by atoms with van der Waals surface area (Å²) in [5, 5.41) is 2.99. The monoisotopic (exact) mass is 486 g/mol. The molecule has 1 unspecified atom stereocenters. The molecule has 9 heteroatoms. The molecule has 0 bridgehead atoms. The van der Waals surface area contributed by atoms with Gasteiger partial charge in [0.15, 0.2) is 0 Å². The molecule has 2 heterocycles. The van der Waals surface area contributed by atoms with E-state index >= 15 is 0 Å². The number of nitrogens with zero attached hydrogens (tertiary/aromatic N) is 3. The van der Waals surface area contributed by atoms with Gasteiger partial charge in [-0.1, -0.05) is 38.1 Å². The van der Waals surface area contributed by atoms with Crippen molar-refractivity contribution in [2.24, 2.45) is 5.92 Å². The van der Waals surface area contributed by atoms with Crippen LogP contribution in [0.5, 0.6) is 0 Å². The lowest BCUT2D eigenvalue weighted by molar-refractivity contribution is -0.150. The third kappa shape index (κ3) is 5.82. The van der Waals surface area contributed by atoms with Crippen LogP contribution in [0.25, 0.3) is 10.4 Å². The normalized spacial score (nSPS) is 16.5. The maximum atomic E-state index is 13.4. The topological polar surface area (TPSA) is 91.8 Å². The number of hydrogen-bond donors (Lipinski definition) is 1. The van der Waals surface area contributed by atoms with Crippen molar-refractivity contribution in [3.8, 4) is 10.4 Å². The van der Waals surface area contributed by atoms with E-state index in [0.717, 1.165) is 28.1 Å². The molecule has 2 atom stereocenters. The Morgan fingerprint density at radius 3 is 2.56 bits per heavy atom. The highest BCUT2D eigenvalue weighted by Crippen LogP contribution is 2.27. The summed E-state index contributed by atoms with van der Waals surface area (Å²) in [7, 11) is 3.07. The van der Waals surface area contributed by atoms with Gasteiger partial charge in [0.25, 0.3) is 0 Å². The van der Waals surface area contributed by atoms with Crippen LogP contribution in [-0.2, 0) is 25.7 Å². The predicted molar refractivity (Wildman–Crippen MR) is 132 cm³/mol. The van der Waals surface area contributed by atoms with Crippen molar-refractivity contribution in [2.45, 2.75) is 52.2 Å². The van der Waals surface area contributed by atoms with Crippen LogP contribution in [0.15, 0.2) is 29.8 Å². The zero-order chi connectivity index (χ0) is 24.8. The summed E-state index contributed by atoms with van der Waals surface area (Å²) in [6, 6.07) is 6.90. The Hall–Kier alpha value is -2.78. The van der Waals surface area contributed by atoms with E-state index in [1.54, 1.807) is 23.3 Å². The van der Waals surface area contributed by atoms with Gasteiger partial charge in [-0.25, -0.2) is 4.98 Å². The molecule has 8 nitrogen and oxygen atoms in total. The van der Waals surface area contributed by atoms with Gasteiger partial charge >= 0.3 is 0 Å². The number of methoxy groups -OCH3 is 1. The molecular formula is C25H34N4O4S. The quantitative estimate of drug-likeness (QED) is 0.589. The van der Waals surface area contributed by atoms with Crippen molar-refractivity contribution >= 4 is 29.1 Å². The molecule has 1 aliphatic heterocycles. The van der Waals surface area contributed by atoms with E-state index in [0.29, 0.717) is 19.5 Å². The Morgan fingerprint density at radius 1 is 1.26 bits per heavy atom. The minimum absolute atomic E-state index is 0.0851. The van der Waals surface area contributed by atoms with Gasteiger partial charge in [0.05, 0.1) is 16.1 Å². The molecular weight excluding hydrogens is 452 g/mol. The molecule has 34 heavy (non-hydrogen) atoms. The van der Waals surface area contributed by atoms with Crippen molar-refractivity contribution in [3.63, 3.8) is 0 Å². The van der Waals surface area contributed by atoms with Crippen molar-refractivity contribution in [1.82, 2.24) is 20.1 Å². The lowest BCUT2D eigenvalue weighted by atomic mass is 10.0. The number of carbonyl (C=O) groups excluding carboxylic acids is 3. The van der Waals surface area contributed by atoms with Crippen LogP contribution in [0.3, 0.4) is 0 Å². The summed E-state index contributed by atoms with van der Waals surface area (Å²) >= 11 is 1.61. The molecule has 1 aromatic carbocycles. The fourth-order valence-electron chi connectivity index (χ4n) is 4.41. The molecule has 0 aliphatic carbocycles. The molecule has 0 saturated carbocycles. The maximum Gasteiger partial charge on any atom is 0.248 e. The Morgan fingerprint density at radius 2 is 1.97 bits per heavy atom. The minimum atomic E-state index is -0.640. The Balaban J connectivity index is 1.63. The second-order valence-electron chi connectivity index (χ2n) is 9.00. The highest BCUT2D eigenvalue weighted by molar-refractivity contribution is 7.13. The highest BCUT2D eigenvalue weighted by Gasteiger charge is 2.40. The van der Waals surface area contributed by atoms with Gasteiger partial charge in [0.2, 0.25) is 17.7 Å². The molecule has 0 radical (unpaired) electrons. The average Bonchev–Trinajstić information content (AvgIpc) is 3.47. The van der Waals surface area contributed by atoms with E-state index in [-0.39, 0.29) is 30.2 Å². The van der Waals surface area contributed by atoms with Crippen LogP contribution in [0, 0.1) is 12.8 Å². The van der Waals surface area contributed by atoms with Gasteiger partial charge in [0.1, 0.15) is 18.7 Å². The van der Waals surface area contributed by atoms with Gasteiger partial charge in [-0.15, -0.1) is 11.3 Å². The maximum absolute atomic E-state index is 13.4. The largest absolute Gasteiger partial charge is 0.375 e. The lowest BCUT2D eigenvalue weighted by Crippen LogP contribution is -2.56. The van der Waals surface area contributed by atoms with Gasteiger partial charge < -0.3 is 19.9 Å². The van der Waals surface area contributed by atoms with Crippen molar-refractivity contribution in [3.05, 3.63) is 41.0 Å². The van der Waals surface area contributed by atoms with Crippen LogP contribution in [-0.4, -0.2) is 71.9 Å².